The molecule has 0 saturated heterocycles. The zero-order valence-electron chi connectivity index (χ0n) is 12.8. The number of benzene rings is 1. The molecule has 0 aliphatic heterocycles. The Morgan fingerprint density at radius 3 is 2.43 bits per heavy atom. The van der Waals surface area contributed by atoms with Crippen LogP contribution in [0.3, 0.4) is 0 Å². The number of nitrogens with zero attached hydrogens (tertiary/aromatic N) is 1. The Morgan fingerprint density at radius 1 is 1.29 bits per heavy atom. The molecule has 0 radical (unpaired) electrons. The van der Waals surface area contributed by atoms with Gasteiger partial charge in [0.15, 0.2) is 11.6 Å². The molecule has 0 amide bonds. The summed E-state index contributed by atoms with van der Waals surface area (Å²) in [5, 5.41) is 2.96. The van der Waals surface area contributed by atoms with E-state index in [0.29, 0.717) is 18.5 Å². The molecule has 0 aliphatic rings. The second kappa shape index (κ2) is 7.29. The van der Waals surface area contributed by atoms with Gasteiger partial charge in [0, 0.05) is 19.6 Å². The molecule has 0 fully saturated rings. The van der Waals surface area contributed by atoms with E-state index in [9.17, 15) is 17.2 Å². The number of rotatable bonds is 7. The summed E-state index contributed by atoms with van der Waals surface area (Å²) in [6, 6.07) is 1.91. The highest BCUT2D eigenvalue weighted by molar-refractivity contribution is 7.89. The van der Waals surface area contributed by atoms with Gasteiger partial charge in [0.25, 0.3) is 0 Å². The largest absolute Gasteiger partial charge is 0.313 e. The molecule has 7 heteroatoms. The fourth-order valence-electron chi connectivity index (χ4n) is 1.83. The van der Waals surface area contributed by atoms with Gasteiger partial charge in [0.2, 0.25) is 10.0 Å². The Labute approximate surface area is 125 Å². The lowest BCUT2D eigenvalue weighted by Crippen LogP contribution is -2.35. The van der Waals surface area contributed by atoms with Crippen LogP contribution in [0.5, 0.6) is 0 Å². The summed E-state index contributed by atoms with van der Waals surface area (Å²) >= 11 is 0. The summed E-state index contributed by atoms with van der Waals surface area (Å²) in [5.74, 6) is -2.48. The summed E-state index contributed by atoms with van der Waals surface area (Å²) in [6.45, 7) is 6.34. The normalized spacial score (nSPS) is 13.7. The third-order valence-electron chi connectivity index (χ3n) is 3.50. The number of hydrogen-bond acceptors (Lipinski definition) is 3. The molecule has 120 valence electrons. The van der Waals surface area contributed by atoms with Gasteiger partial charge in [-0.3, -0.25) is 0 Å². The van der Waals surface area contributed by atoms with Crippen LogP contribution < -0.4 is 5.32 Å². The van der Waals surface area contributed by atoms with Gasteiger partial charge in [-0.05, 0) is 37.6 Å². The molecule has 1 aromatic carbocycles. The molecular formula is C14H22F2N2O2S. The lowest BCUT2D eigenvalue weighted by molar-refractivity contribution is 0.376. The van der Waals surface area contributed by atoms with Crippen LogP contribution in [-0.4, -0.2) is 32.4 Å². The van der Waals surface area contributed by atoms with Crippen LogP contribution in [-0.2, 0) is 16.6 Å². The van der Waals surface area contributed by atoms with Gasteiger partial charge in [-0.15, -0.1) is 0 Å². The van der Waals surface area contributed by atoms with Crippen molar-refractivity contribution in [1.29, 1.82) is 0 Å². The van der Waals surface area contributed by atoms with Crippen LogP contribution in [0.15, 0.2) is 17.0 Å². The van der Waals surface area contributed by atoms with Crippen LogP contribution >= 0.6 is 0 Å². The monoisotopic (exact) mass is 320 g/mol. The molecule has 0 spiro atoms. The summed E-state index contributed by atoms with van der Waals surface area (Å²) in [6.07, 6.45) is 0.580. The van der Waals surface area contributed by atoms with Gasteiger partial charge in [-0.2, -0.15) is 4.31 Å². The number of hydrogen-bond donors (Lipinski definition) is 1. The third-order valence-corrected chi connectivity index (χ3v) is 5.47. The minimum absolute atomic E-state index is 0.281. The molecule has 1 rings (SSSR count). The smallest absolute Gasteiger partial charge is 0.246 e. The Morgan fingerprint density at radius 2 is 1.90 bits per heavy atom. The van der Waals surface area contributed by atoms with Crippen molar-refractivity contribution in [2.75, 3.05) is 13.6 Å². The van der Waals surface area contributed by atoms with E-state index in [1.807, 2.05) is 13.8 Å². The van der Waals surface area contributed by atoms with E-state index >= 15 is 0 Å². The van der Waals surface area contributed by atoms with Crippen molar-refractivity contribution in [2.45, 2.75) is 44.7 Å². The maximum Gasteiger partial charge on any atom is 0.246 e. The summed E-state index contributed by atoms with van der Waals surface area (Å²) in [7, 11) is -2.69. The molecule has 1 N–H and O–H groups in total. The number of nitrogens with one attached hydrogen (secondary N) is 1. The van der Waals surface area contributed by atoms with Crippen molar-refractivity contribution in [2.24, 2.45) is 0 Å². The van der Waals surface area contributed by atoms with Gasteiger partial charge < -0.3 is 5.32 Å². The molecule has 0 aliphatic carbocycles. The summed E-state index contributed by atoms with van der Waals surface area (Å²) in [4.78, 5) is -0.613. The maximum absolute atomic E-state index is 13.9. The van der Waals surface area contributed by atoms with Gasteiger partial charge in [0.05, 0.1) is 0 Å². The van der Waals surface area contributed by atoms with Crippen LogP contribution in [0.2, 0.25) is 0 Å². The molecule has 21 heavy (non-hydrogen) atoms. The van der Waals surface area contributed by atoms with Crippen molar-refractivity contribution in [3.05, 3.63) is 29.3 Å². The quantitative estimate of drug-likeness (QED) is 0.840. The van der Waals surface area contributed by atoms with Crippen LogP contribution in [0.1, 0.15) is 32.8 Å². The average Bonchev–Trinajstić information content (AvgIpc) is 2.46. The predicted octanol–water partition coefficient (Wildman–Crippen LogP) is 2.49. The van der Waals surface area contributed by atoms with Gasteiger partial charge in [-0.25, -0.2) is 17.2 Å². The topological polar surface area (TPSA) is 49.4 Å². The minimum atomic E-state index is -4.06. The van der Waals surface area contributed by atoms with Gasteiger partial charge in [0.1, 0.15) is 4.90 Å². The first-order chi connectivity index (χ1) is 9.75. The molecule has 0 bridgehead atoms. The SMILES string of the molecule is CCNCc1cc(F)c(F)c(S(=O)(=O)N(C)C(C)CC)c1. The first-order valence-electron chi connectivity index (χ1n) is 6.92. The molecule has 0 heterocycles. The average molecular weight is 320 g/mol. The van der Waals surface area contributed by atoms with E-state index in [1.165, 1.54) is 13.1 Å². The first kappa shape index (κ1) is 18.0. The van der Waals surface area contributed by atoms with Crippen LogP contribution in [0.25, 0.3) is 0 Å². The second-order valence-corrected chi connectivity index (χ2v) is 6.91. The molecule has 0 aromatic heterocycles. The Balaban J connectivity index is 3.30. The first-order valence-corrected chi connectivity index (χ1v) is 8.36. The van der Waals surface area contributed by atoms with E-state index in [0.717, 1.165) is 10.4 Å². The van der Waals surface area contributed by atoms with Crippen LogP contribution in [0.4, 0.5) is 8.78 Å². The molecular weight excluding hydrogens is 298 g/mol. The molecule has 1 aromatic rings. The highest BCUT2D eigenvalue weighted by Crippen LogP contribution is 2.24. The van der Waals surface area contributed by atoms with Crippen molar-refractivity contribution >= 4 is 10.0 Å². The van der Waals surface area contributed by atoms with E-state index in [-0.39, 0.29) is 12.6 Å². The van der Waals surface area contributed by atoms with Crippen molar-refractivity contribution < 1.29 is 17.2 Å². The fraction of sp³-hybridized carbons (Fsp3) is 0.571. The Kier molecular flexibility index (Phi) is 6.24. The second-order valence-electron chi connectivity index (χ2n) is 4.95. The van der Waals surface area contributed by atoms with Crippen molar-refractivity contribution in [3.63, 3.8) is 0 Å². The van der Waals surface area contributed by atoms with Gasteiger partial charge in [-0.1, -0.05) is 13.8 Å². The lowest BCUT2D eigenvalue weighted by atomic mass is 10.2. The number of halogens is 2. The fourth-order valence-corrected chi connectivity index (χ4v) is 3.38. The van der Waals surface area contributed by atoms with E-state index < -0.39 is 26.6 Å². The lowest BCUT2D eigenvalue weighted by Gasteiger charge is -2.23. The molecule has 1 unspecified atom stereocenters. The van der Waals surface area contributed by atoms with E-state index in [2.05, 4.69) is 5.32 Å². The summed E-state index contributed by atoms with van der Waals surface area (Å²) < 4.78 is 53.5. The van der Waals surface area contributed by atoms with E-state index in [4.69, 9.17) is 0 Å². The Hall–Kier alpha value is -1.05. The van der Waals surface area contributed by atoms with Crippen molar-refractivity contribution in [1.82, 2.24) is 9.62 Å². The zero-order chi connectivity index (χ0) is 16.2. The highest BCUT2D eigenvalue weighted by atomic mass is 32.2. The molecule has 0 saturated carbocycles. The van der Waals surface area contributed by atoms with E-state index in [1.54, 1.807) is 6.92 Å². The minimum Gasteiger partial charge on any atom is -0.313 e. The molecule has 1 atom stereocenters. The van der Waals surface area contributed by atoms with Crippen molar-refractivity contribution in [3.8, 4) is 0 Å². The number of sulfonamides is 1. The van der Waals surface area contributed by atoms with Crippen LogP contribution in [0, 0.1) is 11.6 Å². The maximum atomic E-state index is 13.9. The summed E-state index contributed by atoms with van der Waals surface area (Å²) in [5.41, 5.74) is 0.395. The standard InChI is InChI=1S/C14H22F2N2O2S/c1-5-10(3)18(4)21(19,20)13-8-11(9-17-6-2)7-12(15)14(13)16/h7-8,10,17H,5-6,9H2,1-4H3. The Bertz CT molecular complexity index is 591. The molecule has 4 nitrogen and oxygen atoms in total. The zero-order valence-corrected chi connectivity index (χ0v) is 13.6. The predicted molar refractivity (Wildman–Crippen MR) is 78.4 cm³/mol. The highest BCUT2D eigenvalue weighted by Gasteiger charge is 2.29. The van der Waals surface area contributed by atoms with Gasteiger partial charge >= 0.3 is 0 Å². The third kappa shape index (κ3) is 3.99.